The molecule has 0 saturated heterocycles. The lowest BCUT2D eigenvalue weighted by Crippen LogP contribution is -2.36. The first-order valence-electron chi connectivity index (χ1n) is 7.69. The number of nitrogens with zero attached hydrogens (tertiary/aromatic N) is 2. The number of benzene rings is 1. The number of methoxy groups -OCH3 is 1. The summed E-state index contributed by atoms with van der Waals surface area (Å²) in [6.07, 6.45) is 8.79. The molecule has 126 valence electrons. The zero-order valence-electron chi connectivity index (χ0n) is 14.0. The molecule has 1 atom stereocenters. The molecule has 5 heteroatoms. The number of ether oxygens (including phenoxy) is 1. The molecule has 1 aromatic rings. The first-order chi connectivity index (χ1) is 11.5. The molecule has 0 saturated carbocycles. The van der Waals surface area contributed by atoms with Crippen LogP contribution in [-0.4, -0.2) is 42.5 Å². The van der Waals surface area contributed by atoms with E-state index in [-0.39, 0.29) is 12.5 Å². The van der Waals surface area contributed by atoms with Gasteiger partial charge in [0.2, 0.25) is 0 Å². The summed E-state index contributed by atoms with van der Waals surface area (Å²) >= 11 is 0. The van der Waals surface area contributed by atoms with Gasteiger partial charge in [0.15, 0.2) is 0 Å². The summed E-state index contributed by atoms with van der Waals surface area (Å²) < 4.78 is 5.15. The van der Waals surface area contributed by atoms with Gasteiger partial charge in [-0.25, -0.2) is 4.99 Å². The molecular formula is C19H22N2O3. The molecule has 0 heterocycles. The van der Waals surface area contributed by atoms with E-state index in [0.717, 1.165) is 17.7 Å². The zero-order valence-corrected chi connectivity index (χ0v) is 14.0. The molecule has 0 spiro atoms. The van der Waals surface area contributed by atoms with Crippen molar-refractivity contribution in [1.82, 2.24) is 4.90 Å². The number of carboxylic acid groups (broad SMARTS) is 1. The van der Waals surface area contributed by atoms with E-state index in [0.29, 0.717) is 11.5 Å². The highest BCUT2D eigenvalue weighted by molar-refractivity contribution is 5.92. The van der Waals surface area contributed by atoms with Crippen molar-refractivity contribution in [3.05, 3.63) is 60.7 Å². The molecule has 1 aromatic carbocycles. The highest BCUT2D eigenvalue weighted by atomic mass is 16.5. The van der Waals surface area contributed by atoms with Crippen molar-refractivity contribution in [2.75, 3.05) is 20.7 Å². The van der Waals surface area contributed by atoms with E-state index in [1.807, 2.05) is 48.6 Å². The fraction of sp³-hybridized carbons (Fsp3) is 0.263. The quantitative estimate of drug-likeness (QED) is 0.644. The van der Waals surface area contributed by atoms with Gasteiger partial charge in [-0.2, -0.15) is 0 Å². The van der Waals surface area contributed by atoms with Gasteiger partial charge in [-0.1, -0.05) is 30.9 Å². The van der Waals surface area contributed by atoms with Gasteiger partial charge >= 0.3 is 5.97 Å². The normalized spacial score (nSPS) is 16.8. The molecule has 1 N–H and O–H groups in total. The second-order valence-corrected chi connectivity index (χ2v) is 5.55. The molecule has 5 nitrogen and oxygen atoms in total. The Balaban J connectivity index is 2.27. The Hall–Kier alpha value is -2.82. The Bertz CT molecular complexity index is 687. The van der Waals surface area contributed by atoms with Gasteiger partial charge in [0.1, 0.15) is 18.1 Å². The molecule has 1 unspecified atom stereocenters. The number of carbonyl (C=O) groups is 1. The van der Waals surface area contributed by atoms with Crippen LogP contribution in [0.25, 0.3) is 5.70 Å². The highest BCUT2D eigenvalue weighted by Crippen LogP contribution is 2.22. The lowest BCUT2D eigenvalue weighted by atomic mass is 9.98. The largest absolute Gasteiger partial charge is 0.497 e. The van der Waals surface area contributed by atoms with Gasteiger partial charge in [0.25, 0.3) is 0 Å². The number of hydrogen-bond donors (Lipinski definition) is 1. The third kappa shape index (κ3) is 4.59. The number of aliphatic carboxylic acids is 1. The molecule has 0 aromatic heterocycles. The predicted octanol–water partition coefficient (Wildman–Crippen LogP) is 3.21. The number of carboxylic acids is 1. The Labute approximate surface area is 142 Å². The third-order valence-corrected chi connectivity index (χ3v) is 3.75. The lowest BCUT2D eigenvalue weighted by Gasteiger charge is -2.25. The van der Waals surface area contributed by atoms with Crippen LogP contribution in [0.1, 0.15) is 12.0 Å². The van der Waals surface area contributed by atoms with Crippen LogP contribution in [0.4, 0.5) is 0 Å². The minimum atomic E-state index is -0.893. The Kier molecular flexibility index (Phi) is 5.95. The fourth-order valence-electron chi connectivity index (χ4n) is 2.49. The van der Waals surface area contributed by atoms with Crippen LogP contribution in [0.5, 0.6) is 5.75 Å². The summed E-state index contributed by atoms with van der Waals surface area (Å²) in [6, 6.07) is 7.46. The van der Waals surface area contributed by atoms with Gasteiger partial charge in [-0.3, -0.25) is 4.79 Å². The number of amidine groups is 1. The SMILES string of the molecule is C=C(N=C(C1C=CC=CC1)N(C)CC(=O)O)c1ccc(OC)cc1. The van der Waals surface area contributed by atoms with Crippen LogP contribution in [0, 0.1) is 5.92 Å². The average molecular weight is 326 g/mol. The van der Waals surface area contributed by atoms with Gasteiger partial charge < -0.3 is 14.7 Å². The molecule has 0 radical (unpaired) electrons. The number of hydrogen-bond acceptors (Lipinski definition) is 3. The van der Waals surface area contributed by atoms with E-state index in [4.69, 9.17) is 9.84 Å². The Morgan fingerprint density at radius 1 is 1.38 bits per heavy atom. The van der Waals surface area contributed by atoms with Crippen LogP contribution in [0.2, 0.25) is 0 Å². The molecule has 0 fully saturated rings. The van der Waals surface area contributed by atoms with Crippen LogP contribution in [0.15, 0.2) is 60.1 Å². The van der Waals surface area contributed by atoms with E-state index in [1.165, 1.54) is 0 Å². The van der Waals surface area contributed by atoms with Gasteiger partial charge in [0, 0.05) is 13.0 Å². The van der Waals surface area contributed by atoms with E-state index >= 15 is 0 Å². The fourth-order valence-corrected chi connectivity index (χ4v) is 2.49. The van der Waals surface area contributed by atoms with Crippen molar-refractivity contribution in [2.24, 2.45) is 10.9 Å². The number of likely N-dealkylation sites (N-methyl/N-ethyl adjacent to an activating group) is 1. The van der Waals surface area contributed by atoms with Crippen LogP contribution in [-0.2, 0) is 4.79 Å². The zero-order chi connectivity index (χ0) is 17.5. The number of allylic oxidation sites excluding steroid dienone is 3. The lowest BCUT2D eigenvalue weighted by molar-refractivity contribution is -0.137. The Morgan fingerprint density at radius 3 is 2.62 bits per heavy atom. The molecule has 1 aliphatic rings. The summed E-state index contributed by atoms with van der Waals surface area (Å²) in [5.74, 6) is 0.600. The van der Waals surface area contributed by atoms with Crippen molar-refractivity contribution in [3.63, 3.8) is 0 Å². The smallest absolute Gasteiger partial charge is 0.323 e. The summed E-state index contributed by atoms with van der Waals surface area (Å²) in [5.41, 5.74) is 1.46. The summed E-state index contributed by atoms with van der Waals surface area (Å²) in [5, 5.41) is 9.07. The third-order valence-electron chi connectivity index (χ3n) is 3.75. The number of aliphatic imine (C=N–C) groups is 1. The van der Waals surface area contributed by atoms with E-state index in [9.17, 15) is 4.79 Å². The minimum absolute atomic E-state index is 0.0364. The summed E-state index contributed by atoms with van der Waals surface area (Å²) in [4.78, 5) is 17.4. The first kappa shape index (κ1) is 17.5. The Morgan fingerprint density at radius 2 is 2.08 bits per heavy atom. The first-order valence-corrected chi connectivity index (χ1v) is 7.69. The van der Waals surface area contributed by atoms with Crippen molar-refractivity contribution in [2.45, 2.75) is 6.42 Å². The summed E-state index contributed by atoms with van der Waals surface area (Å²) in [7, 11) is 3.35. The maximum atomic E-state index is 11.1. The van der Waals surface area contributed by atoms with Gasteiger partial charge in [-0.15, -0.1) is 0 Å². The molecule has 24 heavy (non-hydrogen) atoms. The molecule has 0 aliphatic heterocycles. The van der Waals surface area contributed by atoms with E-state index in [1.54, 1.807) is 19.1 Å². The molecule has 1 aliphatic carbocycles. The van der Waals surface area contributed by atoms with Gasteiger partial charge in [0.05, 0.1) is 12.8 Å². The maximum Gasteiger partial charge on any atom is 0.323 e. The topological polar surface area (TPSA) is 62.1 Å². The standard InChI is InChI=1S/C19H22N2O3/c1-14(15-9-11-17(24-3)12-10-15)20-19(21(2)13-18(22)23)16-7-5-4-6-8-16/h4-7,9-12,16H,1,8,13H2,2-3H3,(H,22,23). The van der Waals surface area contributed by atoms with Crippen LogP contribution < -0.4 is 4.74 Å². The minimum Gasteiger partial charge on any atom is -0.497 e. The monoisotopic (exact) mass is 326 g/mol. The predicted molar refractivity (Wildman–Crippen MR) is 96.1 cm³/mol. The molecule has 0 amide bonds. The summed E-state index contributed by atoms with van der Waals surface area (Å²) in [6.45, 7) is 3.92. The van der Waals surface area contributed by atoms with Crippen LogP contribution >= 0.6 is 0 Å². The average Bonchev–Trinajstić information content (AvgIpc) is 2.59. The number of rotatable bonds is 6. The van der Waals surface area contributed by atoms with Crippen molar-refractivity contribution in [3.8, 4) is 5.75 Å². The highest BCUT2D eigenvalue weighted by Gasteiger charge is 2.20. The van der Waals surface area contributed by atoms with Crippen molar-refractivity contribution < 1.29 is 14.6 Å². The van der Waals surface area contributed by atoms with Crippen molar-refractivity contribution in [1.29, 1.82) is 0 Å². The maximum absolute atomic E-state index is 11.1. The molecule has 0 bridgehead atoms. The van der Waals surface area contributed by atoms with Gasteiger partial charge in [-0.05, 0) is 36.2 Å². The molecular weight excluding hydrogens is 304 g/mol. The molecule has 2 rings (SSSR count). The van der Waals surface area contributed by atoms with Crippen LogP contribution in [0.3, 0.4) is 0 Å². The second-order valence-electron chi connectivity index (χ2n) is 5.55. The van der Waals surface area contributed by atoms with E-state index < -0.39 is 5.97 Å². The van der Waals surface area contributed by atoms with E-state index in [2.05, 4.69) is 11.6 Å². The second kappa shape index (κ2) is 8.15. The van der Waals surface area contributed by atoms with Crippen molar-refractivity contribution >= 4 is 17.5 Å².